The van der Waals surface area contributed by atoms with Gasteiger partial charge >= 0.3 is 0 Å². The van der Waals surface area contributed by atoms with Gasteiger partial charge in [0, 0.05) is 12.3 Å². The lowest BCUT2D eigenvalue weighted by molar-refractivity contribution is -0.00000599. The maximum absolute atomic E-state index is 5.45. The third-order valence-corrected chi connectivity index (χ3v) is 4.74. The zero-order chi connectivity index (χ0) is 18.0. The molecule has 0 aliphatic heterocycles. The van der Waals surface area contributed by atoms with Gasteiger partial charge in [0.2, 0.25) is 5.16 Å². The molecule has 1 N–H and O–H groups in total. The average molecular weight is 405 g/mol. The van der Waals surface area contributed by atoms with Gasteiger partial charge in [-0.05, 0) is 60.1 Å². The normalized spacial score (nSPS) is 10.4. The van der Waals surface area contributed by atoms with Crippen molar-refractivity contribution >= 4 is 11.8 Å². The van der Waals surface area contributed by atoms with Crippen LogP contribution < -0.4 is 22.5 Å². The van der Waals surface area contributed by atoms with Crippen molar-refractivity contribution in [2.45, 2.75) is 25.0 Å². The molecule has 8 heteroatoms. The van der Waals surface area contributed by atoms with Gasteiger partial charge in [0.15, 0.2) is 0 Å². The molecule has 0 aliphatic carbocycles. The van der Waals surface area contributed by atoms with Gasteiger partial charge in [-0.2, -0.15) is 4.68 Å². The van der Waals surface area contributed by atoms with Crippen LogP contribution in [0.1, 0.15) is 18.9 Å². The monoisotopic (exact) mass is 404 g/mol. The molecule has 144 valence electrons. The summed E-state index contributed by atoms with van der Waals surface area (Å²) in [4.78, 5) is 0. The number of ether oxygens (including phenoxy) is 1. The fraction of sp³-hybridized carbons (Fsp3) is 0.316. The maximum atomic E-state index is 5.45. The molecule has 0 aliphatic rings. The fourth-order valence-corrected chi connectivity index (χ4v) is 3.29. The lowest BCUT2D eigenvalue weighted by Crippen LogP contribution is -3.00. The Kier molecular flexibility index (Phi) is 9.10. The van der Waals surface area contributed by atoms with Crippen molar-refractivity contribution in [3.8, 4) is 11.4 Å². The number of nitrogens with zero attached hydrogens (tertiary/aromatic N) is 4. The van der Waals surface area contributed by atoms with Crippen molar-refractivity contribution in [3.05, 3.63) is 60.2 Å². The minimum atomic E-state index is 0. The number of hydrogen-bond donors (Lipinski definition) is 1. The number of para-hydroxylation sites is 1. The van der Waals surface area contributed by atoms with Crippen molar-refractivity contribution in [3.63, 3.8) is 0 Å². The predicted molar refractivity (Wildman–Crippen MR) is 104 cm³/mol. The van der Waals surface area contributed by atoms with Crippen LogP contribution in [0.2, 0.25) is 0 Å². The largest absolute Gasteiger partial charge is 1.00 e. The average Bonchev–Trinajstić information content (AvgIpc) is 3.15. The summed E-state index contributed by atoms with van der Waals surface area (Å²) >= 11 is 1.67. The van der Waals surface area contributed by atoms with Gasteiger partial charge in [-0.1, -0.05) is 42.1 Å². The van der Waals surface area contributed by atoms with Gasteiger partial charge in [-0.25, -0.2) is 0 Å². The molecule has 2 aromatic carbocycles. The molecule has 1 aromatic heterocycles. The standard InChI is InChI=1S/C19H23N5OS.ClH/c1-2-25-18-11-9-16(10-12-18)15-20-13-6-14-26-19-21-22-23-24(19)17-7-4-3-5-8-17;/h3-5,7-12,20H,2,6,13-15H2,1H3;1H/p-1. The second kappa shape index (κ2) is 11.6. The molecule has 3 rings (SSSR count). The first-order valence-electron chi connectivity index (χ1n) is 8.76. The molecule has 3 aromatic rings. The number of halogens is 1. The molecule has 27 heavy (non-hydrogen) atoms. The van der Waals surface area contributed by atoms with E-state index in [1.54, 1.807) is 16.4 Å². The minimum absolute atomic E-state index is 0. The summed E-state index contributed by atoms with van der Waals surface area (Å²) in [6.45, 7) is 4.50. The number of rotatable bonds is 10. The van der Waals surface area contributed by atoms with E-state index in [2.05, 4.69) is 33.0 Å². The van der Waals surface area contributed by atoms with Crippen LogP contribution in [0, 0.1) is 0 Å². The van der Waals surface area contributed by atoms with Gasteiger partial charge in [-0.3, -0.25) is 0 Å². The van der Waals surface area contributed by atoms with E-state index in [1.807, 2.05) is 49.4 Å². The van der Waals surface area contributed by atoms with Crippen LogP contribution in [0.3, 0.4) is 0 Å². The molecule has 6 nitrogen and oxygen atoms in total. The number of aromatic nitrogens is 4. The summed E-state index contributed by atoms with van der Waals surface area (Å²) in [7, 11) is 0. The summed E-state index contributed by atoms with van der Waals surface area (Å²) in [5.41, 5.74) is 2.24. The lowest BCUT2D eigenvalue weighted by atomic mass is 10.2. The van der Waals surface area contributed by atoms with Gasteiger partial charge in [0.05, 0.1) is 12.3 Å². The highest BCUT2D eigenvalue weighted by Crippen LogP contribution is 2.18. The highest BCUT2D eigenvalue weighted by atomic mass is 35.5. The minimum Gasteiger partial charge on any atom is -1.00 e. The van der Waals surface area contributed by atoms with E-state index in [-0.39, 0.29) is 12.4 Å². The Morgan fingerprint density at radius 2 is 1.85 bits per heavy atom. The molecule has 0 amide bonds. The summed E-state index contributed by atoms with van der Waals surface area (Å²) in [6.07, 6.45) is 1.04. The summed E-state index contributed by atoms with van der Waals surface area (Å²) < 4.78 is 7.23. The van der Waals surface area contributed by atoms with E-state index in [0.29, 0.717) is 6.61 Å². The Morgan fingerprint density at radius 1 is 1.07 bits per heavy atom. The van der Waals surface area contributed by atoms with Crippen molar-refractivity contribution in [1.82, 2.24) is 25.5 Å². The topological polar surface area (TPSA) is 64.9 Å². The second-order valence-electron chi connectivity index (χ2n) is 5.66. The van der Waals surface area contributed by atoms with E-state index < -0.39 is 0 Å². The van der Waals surface area contributed by atoms with Crippen molar-refractivity contribution in [1.29, 1.82) is 0 Å². The van der Waals surface area contributed by atoms with Gasteiger partial charge in [-0.15, -0.1) is 5.10 Å². The fourth-order valence-electron chi connectivity index (χ4n) is 2.46. The van der Waals surface area contributed by atoms with E-state index in [9.17, 15) is 0 Å². The van der Waals surface area contributed by atoms with Crippen molar-refractivity contribution in [2.24, 2.45) is 0 Å². The maximum Gasteiger partial charge on any atom is 0.214 e. The van der Waals surface area contributed by atoms with Gasteiger partial charge in [0.1, 0.15) is 5.75 Å². The molecule has 0 unspecified atom stereocenters. The molecule has 0 saturated heterocycles. The summed E-state index contributed by atoms with van der Waals surface area (Å²) in [5, 5.41) is 16.3. The Morgan fingerprint density at radius 3 is 2.59 bits per heavy atom. The Labute approximate surface area is 170 Å². The summed E-state index contributed by atoms with van der Waals surface area (Å²) in [6, 6.07) is 18.2. The molecular weight excluding hydrogens is 382 g/mol. The van der Waals surface area contributed by atoms with Crippen molar-refractivity contribution < 1.29 is 17.1 Å². The van der Waals surface area contributed by atoms with Crippen LogP contribution in [0.4, 0.5) is 0 Å². The van der Waals surface area contributed by atoms with Crippen molar-refractivity contribution in [2.75, 3.05) is 18.9 Å². The van der Waals surface area contributed by atoms with Crippen LogP contribution >= 0.6 is 11.8 Å². The molecule has 0 spiro atoms. The zero-order valence-corrected chi connectivity index (χ0v) is 16.8. The zero-order valence-electron chi connectivity index (χ0n) is 15.2. The number of hydrogen-bond acceptors (Lipinski definition) is 6. The highest BCUT2D eigenvalue weighted by molar-refractivity contribution is 7.99. The summed E-state index contributed by atoms with van der Waals surface area (Å²) in [5.74, 6) is 1.88. The van der Waals surface area contributed by atoms with E-state index >= 15 is 0 Å². The molecule has 0 bridgehead atoms. The SMILES string of the molecule is CCOc1ccc(CNCCCSc2nnnn2-c2ccccc2)cc1.[Cl-]. The third-order valence-electron chi connectivity index (χ3n) is 3.73. The molecular formula is C19H23ClN5OS-. The van der Waals surface area contributed by atoms with Crippen LogP contribution in [0.15, 0.2) is 59.8 Å². The highest BCUT2D eigenvalue weighted by Gasteiger charge is 2.07. The van der Waals surface area contributed by atoms with Crippen LogP contribution in [-0.4, -0.2) is 39.1 Å². The predicted octanol–water partition coefficient (Wildman–Crippen LogP) is 0.337. The second-order valence-corrected chi connectivity index (χ2v) is 6.73. The molecule has 0 radical (unpaired) electrons. The van der Waals surface area contributed by atoms with Crippen LogP contribution in [-0.2, 0) is 6.54 Å². The first-order valence-corrected chi connectivity index (χ1v) is 9.74. The Hall–Kier alpha value is -2.09. The van der Waals surface area contributed by atoms with E-state index in [0.717, 1.165) is 41.9 Å². The number of thioether (sulfide) groups is 1. The first-order chi connectivity index (χ1) is 12.9. The van der Waals surface area contributed by atoms with E-state index in [1.165, 1.54) is 5.56 Å². The number of tetrazole rings is 1. The van der Waals surface area contributed by atoms with Gasteiger partial charge < -0.3 is 22.5 Å². The van der Waals surface area contributed by atoms with Crippen LogP contribution in [0.25, 0.3) is 5.69 Å². The smallest absolute Gasteiger partial charge is 0.214 e. The Bertz CT molecular complexity index is 782. The third kappa shape index (κ3) is 6.53. The number of nitrogens with one attached hydrogen (secondary N) is 1. The van der Waals surface area contributed by atoms with Crippen LogP contribution in [0.5, 0.6) is 5.75 Å². The van der Waals surface area contributed by atoms with E-state index in [4.69, 9.17) is 4.74 Å². The lowest BCUT2D eigenvalue weighted by Gasteiger charge is -2.07. The molecule has 1 heterocycles. The first kappa shape index (κ1) is 21.2. The molecule has 0 fully saturated rings. The molecule has 0 saturated carbocycles. The van der Waals surface area contributed by atoms with Gasteiger partial charge in [0.25, 0.3) is 0 Å². The quantitative estimate of drug-likeness (QED) is 0.388. The number of benzene rings is 2. The Balaban J connectivity index is 0.00000261. The molecule has 0 atom stereocenters.